The summed E-state index contributed by atoms with van der Waals surface area (Å²) in [6.45, 7) is 3.28. The first-order valence-electron chi connectivity index (χ1n) is 8.88. The van der Waals surface area contributed by atoms with Crippen LogP contribution in [0.25, 0.3) is 0 Å². The van der Waals surface area contributed by atoms with Crippen molar-refractivity contribution in [1.29, 1.82) is 0 Å². The number of anilines is 2. The van der Waals surface area contributed by atoms with Crippen molar-refractivity contribution >= 4 is 17.4 Å². The van der Waals surface area contributed by atoms with Gasteiger partial charge in [-0.2, -0.15) is 0 Å². The number of benzene rings is 2. The maximum atomic E-state index is 12.3. The van der Waals surface area contributed by atoms with Crippen molar-refractivity contribution in [2.45, 2.75) is 13.3 Å². The van der Waals surface area contributed by atoms with Gasteiger partial charge in [0.2, 0.25) is 0 Å². The largest absolute Gasteiger partial charge is 0.494 e. The summed E-state index contributed by atoms with van der Waals surface area (Å²) in [5, 5.41) is 6.00. The second-order valence-electron chi connectivity index (χ2n) is 5.86. The summed E-state index contributed by atoms with van der Waals surface area (Å²) >= 11 is 0. The van der Waals surface area contributed by atoms with Crippen LogP contribution in [0.15, 0.2) is 67.0 Å². The van der Waals surface area contributed by atoms with Gasteiger partial charge in [-0.3, -0.25) is 4.79 Å². The number of carbonyl (C=O) groups is 1. The lowest BCUT2D eigenvalue weighted by Gasteiger charge is -2.08. The third-order valence-corrected chi connectivity index (χ3v) is 3.87. The minimum atomic E-state index is -0.303. The van der Waals surface area contributed by atoms with E-state index in [-0.39, 0.29) is 11.6 Å². The quantitative estimate of drug-likeness (QED) is 0.638. The highest BCUT2D eigenvalue weighted by Gasteiger charge is 2.08. The SMILES string of the molecule is CCOc1ccc(NC(=O)c2cnc(NCCc3ccccc3)cn2)cc1. The molecule has 0 saturated carbocycles. The van der Waals surface area contributed by atoms with Crippen molar-refractivity contribution in [3.05, 3.63) is 78.2 Å². The molecule has 0 radical (unpaired) electrons. The molecule has 6 heteroatoms. The lowest BCUT2D eigenvalue weighted by molar-refractivity contribution is 0.102. The monoisotopic (exact) mass is 362 g/mol. The van der Waals surface area contributed by atoms with E-state index in [0.717, 1.165) is 18.7 Å². The summed E-state index contributed by atoms with van der Waals surface area (Å²) in [5.74, 6) is 1.10. The van der Waals surface area contributed by atoms with Crippen LogP contribution in [0.1, 0.15) is 23.0 Å². The van der Waals surface area contributed by atoms with Gasteiger partial charge in [-0.1, -0.05) is 30.3 Å². The van der Waals surface area contributed by atoms with Crippen LogP contribution < -0.4 is 15.4 Å². The Morgan fingerprint density at radius 1 is 1.00 bits per heavy atom. The van der Waals surface area contributed by atoms with E-state index in [4.69, 9.17) is 4.74 Å². The summed E-state index contributed by atoms with van der Waals surface area (Å²) in [6.07, 6.45) is 3.93. The maximum absolute atomic E-state index is 12.3. The van der Waals surface area contributed by atoms with E-state index >= 15 is 0 Å². The van der Waals surface area contributed by atoms with Crippen molar-refractivity contribution in [3.63, 3.8) is 0 Å². The predicted molar refractivity (Wildman–Crippen MR) is 106 cm³/mol. The molecule has 0 atom stereocenters. The van der Waals surface area contributed by atoms with Gasteiger partial charge in [0, 0.05) is 12.2 Å². The average Bonchev–Trinajstić information content (AvgIpc) is 2.71. The summed E-state index contributed by atoms with van der Waals surface area (Å²) in [5.41, 5.74) is 2.19. The molecule has 0 saturated heterocycles. The predicted octanol–water partition coefficient (Wildman–Crippen LogP) is 3.78. The highest BCUT2D eigenvalue weighted by Crippen LogP contribution is 2.16. The first-order chi connectivity index (χ1) is 13.2. The third kappa shape index (κ3) is 5.54. The Morgan fingerprint density at radius 2 is 1.78 bits per heavy atom. The fraction of sp³-hybridized carbons (Fsp3) is 0.190. The highest BCUT2D eigenvalue weighted by molar-refractivity contribution is 6.02. The zero-order chi connectivity index (χ0) is 18.9. The summed E-state index contributed by atoms with van der Waals surface area (Å²) < 4.78 is 5.38. The van der Waals surface area contributed by atoms with E-state index in [1.54, 1.807) is 18.3 Å². The molecule has 0 bridgehead atoms. The molecule has 0 aliphatic carbocycles. The minimum Gasteiger partial charge on any atom is -0.494 e. The normalized spacial score (nSPS) is 10.3. The second kappa shape index (κ2) is 9.33. The Labute approximate surface area is 158 Å². The average molecular weight is 362 g/mol. The number of aromatic nitrogens is 2. The standard InChI is InChI=1S/C21H22N4O2/c1-2-27-18-10-8-17(9-11-18)25-21(26)19-14-24-20(15-23-19)22-13-12-16-6-4-3-5-7-16/h3-11,14-15H,2,12-13H2,1H3,(H,22,24)(H,25,26). The number of carbonyl (C=O) groups excluding carboxylic acids is 1. The molecule has 27 heavy (non-hydrogen) atoms. The lowest BCUT2D eigenvalue weighted by Crippen LogP contribution is -2.15. The van der Waals surface area contributed by atoms with Crippen molar-refractivity contribution in [2.75, 3.05) is 23.8 Å². The molecule has 1 heterocycles. The van der Waals surface area contributed by atoms with Gasteiger partial charge in [0.1, 0.15) is 17.3 Å². The zero-order valence-corrected chi connectivity index (χ0v) is 15.2. The van der Waals surface area contributed by atoms with Gasteiger partial charge >= 0.3 is 0 Å². The molecule has 2 N–H and O–H groups in total. The molecule has 0 unspecified atom stereocenters. The molecule has 3 aromatic rings. The van der Waals surface area contributed by atoms with Crippen molar-refractivity contribution in [2.24, 2.45) is 0 Å². The topological polar surface area (TPSA) is 76.1 Å². The first kappa shape index (κ1) is 18.4. The Bertz CT molecular complexity index is 850. The van der Waals surface area contributed by atoms with E-state index in [2.05, 4.69) is 32.7 Å². The van der Waals surface area contributed by atoms with E-state index in [1.807, 2.05) is 37.3 Å². The molecule has 1 amide bonds. The van der Waals surface area contributed by atoms with Gasteiger partial charge in [-0.25, -0.2) is 9.97 Å². The number of nitrogens with zero attached hydrogens (tertiary/aromatic N) is 2. The molecule has 138 valence electrons. The van der Waals surface area contributed by atoms with Crippen LogP contribution in [-0.2, 0) is 6.42 Å². The fourth-order valence-electron chi connectivity index (χ4n) is 2.51. The Hall–Kier alpha value is -3.41. The maximum Gasteiger partial charge on any atom is 0.275 e. The van der Waals surface area contributed by atoms with E-state index in [1.165, 1.54) is 11.8 Å². The molecule has 1 aromatic heterocycles. The Kier molecular flexibility index (Phi) is 6.35. The van der Waals surface area contributed by atoms with Gasteiger partial charge < -0.3 is 15.4 Å². The smallest absolute Gasteiger partial charge is 0.275 e. The van der Waals surface area contributed by atoms with E-state index in [9.17, 15) is 4.79 Å². The summed E-state index contributed by atoms with van der Waals surface area (Å²) in [7, 11) is 0. The first-order valence-corrected chi connectivity index (χ1v) is 8.88. The molecule has 0 aliphatic rings. The van der Waals surface area contributed by atoms with Crippen LogP contribution >= 0.6 is 0 Å². The number of ether oxygens (including phenoxy) is 1. The fourth-order valence-corrected chi connectivity index (χ4v) is 2.51. The van der Waals surface area contributed by atoms with E-state index < -0.39 is 0 Å². The van der Waals surface area contributed by atoms with E-state index in [0.29, 0.717) is 18.1 Å². The number of rotatable bonds is 8. The van der Waals surface area contributed by atoms with Gasteiger partial charge in [-0.15, -0.1) is 0 Å². The minimum absolute atomic E-state index is 0.262. The number of hydrogen-bond acceptors (Lipinski definition) is 5. The second-order valence-corrected chi connectivity index (χ2v) is 5.86. The summed E-state index contributed by atoms with van der Waals surface area (Å²) in [4.78, 5) is 20.7. The number of hydrogen-bond donors (Lipinski definition) is 2. The van der Waals surface area contributed by atoms with Crippen molar-refractivity contribution in [3.8, 4) is 5.75 Å². The molecule has 0 spiro atoms. The zero-order valence-electron chi connectivity index (χ0n) is 15.2. The molecule has 0 fully saturated rings. The highest BCUT2D eigenvalue weighted by atomic mass is 16.5. The van der Waals surface area contributed by atoms with Crippen LogP contribution in [-0.4, -0.2) is 29.0 Å². The van der Waals surface area contributed by atoms with Gasteiger partial charge in [-0.05, 0) is 43.2 Å². The van der Waals surface area contributed by atoms with Crippen molar-refractivity contribution in [1.82, 2.24) is 9.97 Å². The van der Waals surface area contributed by atoms with Gasteiger partial charge in [0.25, 0.3) is 5.91 Å². The lowest BCUT2D eigenvalue weighted by atomic mass is 10.1. The number of amides is 1. The molecular formula is C21H22N4O2. The van der Waals surface area contributed by atoms with Crippen LogP contribution in [0.4, 0.5) is 11.5 Å². The molecule has 3 rings (SSSR count). The van der Waals surface area contributed by atoms with Crippen LogP contribution in [0.3, 0.4) is 0 Å². The van der Waals surface area contributed by atoms with Crippen LogP contribution in [0.5, 0.6) is 5.75 Å². The van der Waals surface area contributed by atoms with Gasteiger partial charge in [0.05, 0.1) is 19.0 Å². The van der Waals surface area contributed by atoms with Crippen molar-refractivity contribution < 1.29 is 9.53 Å². The molecule has 0 aliphatic heterocycles. The molecule has 2 aromatic carbocycles. The Balaban J connectivity index is 1.50. The molecule has 6 nitrogen and oxygen atoms in total. The number of nitrogens with one attached hydrogen (secondary N) is 2. The summed E-state index contributed by atoms with van der Waals surface area (Å²) in [6, 6.07) is 17.4. The van der Waals surface area contributed by atoms with Crippen LogP contribution in [0.2, 0.25) is 0 Å². The van der Waals surface area contributed by atoms with Crippen LogP contribution in [0, 0.1) is 0 Å². The Morgan fingerprint density at radius 3 is 2.44 bits per heavy atom. The third-order valence-electron chi connectivity index (χ3n) is 3.87. The van der Waals surface area contributed by atoms with Gasteiger partial charge in [0.15, 0.2) is 0 Å². The molecular weight excluding hydrogens is 340 g/mol.